The monoisotopic (exact) mass is 352 g/mol. The summed E-state index contributed by atoms with van der Waals surface area (Å²) in [5.74, 6) is 0.320. The molecule has 26 heavy (non-hydrogen) atoms. The number of aliphatic imine (C=N–C) groups is 1. The van der Waals surface area contributed by atoms with Crippen LogP contribution in [0.3, 0.4) is 0 Å². The molecule has 0 aliphatic carbocycles. The number of carbonyl (C=O) groups is 1. The largest absolute Gasteiger partial charge is 0.337 e. The van der Waals surface area contributed by atoms with Gasteiger partial charge < -0.3 is 10.2 Å². The van der Waals surface area contributed by atoms with E-state index < -0.39 is 0 Å². The topological polar surface area (TPSA) is 68.5 Å². The van der Waals surface area contributed by atoms with Gasteiger partial charge in [-0.15, -0.1) is 0 Å². The Balaban J connectivity index is 0.00000182. The Morgan fingerprint density at radius 1 is 1.42 bits per heavy atom. The summed E-state index contributed by atoms with van der Waals surface area (Å²) in [7, 11) is 0. The Labute approximate surface area is 157 Å². The van der Waals surface area contributed by atoms with Gasteiger partial charge in [-0.2, -0.15) is 5.26 Å². The zero-order valence-corrected chi connectivity index (χ0v) is 14.4. The van der Waals surface area contributed by atoms with Gasteiger partial charge in [0.15, 0.2) is 6.19 Å². The maximum atomic E-state index is 13.0. The van der Waals surface area contributed by atoms with E-state index in [0.717, 1.165) is 36.2 Å². The molecule has 1 aromatic rings. The number of allylic oxidation sites excluding steroid dienone is 3. The van der Waals surface area contributed by atoms with Crippen molar-refractivity contribution in [3.8, 4) is 6.19 Å². The molecule has 3 rings (SSSR count). The zero-order chi connectivity index (χ0) is 17.6. The summed E-state index contributed by atoms with van der Waals surface area (Å²) in [5.41, 5.74) is 3.38. The maximum Gasteiger partial charge on any atom is 0.272 e. The second-order valence-corrected chi connectivity index (χ2v) is 6.50. The van der Waals surface area contributed by atoms with Gasteiger partial charge in [0.05, 0.1) is 5.71 Å². The first-order chi connectivity index (χ1) is 12.2. The number of hydrogen-bond donors (Lipinski definition) is 1. The molecule has 1 atom stereocenters. The fraction of sp³-hybridized carbons (Fsp3) is 0.381. The summed E-state index contributed by atoms with van der Waals surface area (Å²) in [5, 5.41) is 11.3. The summed E-state index contributed by atoms with van der Waals surface area (Å²) >= 11 is 0. The molecule has 1 fully saturated rings. The van der Waals surface area contributed by atoms with Crippen LogP contribution in [0.2, 0.25) is 0 Å². The average Bonchev–Trinajstić information content (AvgIpc) is 3.03. The highest BCUT2D eigenvalue weighted by Crippen LogP contribution is 2.23. The molecule has 5 nitrogen and oxygen atoms in total. The molecule has 2 aliphatic heterocycles. The van der Waals surface area contributed by atoms with Crippen LogP contribution in [-0.2, 0) is 4.79 Å². The summed E-state index contributed by atoms with van der Waals surface area (Å²) in [4.78, 5) is 19.6. The first-order valence-corrected chi connectivity index (χ1v) is 8.60. The smallest absolute Gasteiger partial charge is 0.272 e. The molecular weight excluding hydrogens is 324 g/mol. The molecule has 0 aromatic heterocycles. The molecule has 2 aliphatic rings. The van der Waals surface area contributed by atoms with Gasteiger partial charge in [0.1, 0.15) is 5.70 Å². The Morgan fingerprint density at radius 3 is 2.92 bits per heavy atom. The van der Waals surface area contributed by atoms with E-state index in [-0.39, 0.29) is 14.8 Å². The van der Waals surface area contributed by atoms with E-state index in [1.807, 2.05) is 54.4 Å². The standard InChI is InChI=1S/C20H22N4O.CH4.H2/c1-15-6-5-9-18(17-7-3-2-4-8-17)23-19(15)20(25)24-11-10-16(13-24)12-22-14-21;;/h2-5,7-9,16,22H,6,10-13H2,1H3;1H4;1H/t16-;;/m1../s1. The SMILES string of the molecule is C.CC1=C(C(=O)N2CC[C@H](CNC#N)C2)N=C(c2ccccc2)C=CC1.[HH]. The zero-order valence-electron chi connectivity index (χ0n) is 14.4. The molecule has 0 unspecified atom stereocenters. The van der Waals surface area contributed by atoms with Crippen molar-refractivity contribution in [3.63, 3.8) is 0 Å². The van der Waals surface area contributed by atoms with Crippen molar-refractivity contribution in [2.24, 2.45) is 10.9 Å². The van der Waals surface area contributed by atoms with E-state index in [4.69, 9.17) is 10.3 Å². The first-order valence-electron chi connectivity index (χ1n) is 8.60. The predicted molar refractivity (Wildman–Crippen MR) is 107 cm³/mol. The fourth-order valence-corrected chi connectivity index (χ4v) is 3.22. The van der Waals surface area contributed by atoms with Gasteiger partial charge in [-0.3, -0.25) is 4.79 Å². The lowest BCUT2D eigenvalue weighted by Gasteiger charge is -2.18. The molecule has 1 saturated heterocycles. The lowest BCUT2D eigenvalue weighted by molar-refractivity contribution is -0.126. The van der Waals surface area contributed by atoms with Crippen molar-refractivity contribution in [2.75, 3.05) is 19.6 Å². The minimum Gasteiger partial charge on any atom is -0.337 e. The van der Waals surface area contributed by atoms with Gasteiger partial charge in [0.25, 0.3) is 5.91 Å². The molecule has 0 spiro atoms. The van der Waals surface area contributed by atoms with Gasteiger partial charge in [0.2, 0.25) is 0 Å². The average molecular weight is 352 g/mol. The van der Waals surface area contributed by atoms with Crippen LogP contribution in [0.15, 0.2) is 58.7 Å². The van der Waals surface area contributed by atoms with Crippen molar-refractivity contribution in [1.29, 1.82) is 5.26 Å². The van der Waals surface area contributed by atoms with Crippen LogP contribution in [-0.4, -0.2) is 36.2 Å². The molecule has 2 heterocycles. The number of hydrogen-bond acceptors (Lipinski definition) is 4. The fourth-order valence-electron chi connectivity index (χ4n) is 3.22. The third kappa shape index (κ3) is 4.40. The molecule has 1 aromatic carbocycles. The molecule has 1 amide bonds. The number of likely N-dealkylation sites (tertiary alicyclic amines) is 1. The second kappa shape index (κ2) is 9.00. The maximum absolute atomic E-state index is 13.0. The van der Waals surface area contributed by atoms with Crippen LogP contribution in [0.25, 0.3) is 0 Å². The third-order valence-electron chi connectivity index (χ3n) is 4.65. The van der Waals surface area contributed by atoms with Gasteiger partial charge in [-0.05, 0) is 37.3 Å². The minimum atomic E-state index is -0.00547. The number of nitrogens with zero attached hydrogens (tertiary/aromatic N) is 3. The van der Waals surface area contributed by atoms with Crippen molar-refractivity contribution < 1.29 is 6.22 Å². The molecule has 5 heteroatoms. The van der Waals surface area contributed by atoms with Crippen molar-refractivity contribution in [2.45, 2.75) is 27.2 Å². The number of nitriles is 1. The van der Waals surface area contributed by atoms with E-state index in [1.54, 1.807) is 0 Å². The Kier molecular flexibility index (Phi) is 6.74. The van der Waals surface area contributed by atoms with E-state index >= 15 is 0 Å². The lowest BCUT2D eigenvalue weighted by Crippen LogP contribution is -2.31. The van der Waals surface area contributed by atoms with Crippen LogP contribution in [0, 0.1) is 17.4 Å². The van der Waals surface area contributed by atoms with E-state index in [1.165, 1.54) is 0 Å². The van der Waals surface area contributed by atoms with Crippen LogP contribution in [0.5, 0.6) is 0 Å². The van der Waals surface area contributed by atoms with Crippen LogP contribution < -0.4 is 5.32 Å². The van der Waals surface area contributed by atoms with Crippen molar-refractivity contribution >= 4 is 11.6 Å². The van der Waals surface area contributed by atoms with Crippen LogP contribution in [0.4, 0.5) is 0 Å². The van der Waals surface area contributed by atoms with E-state index in [2.05, 4.69) is 11.4 Å². The Bertz CT molecular complexity index is 777. The first kappa shape index (κ1) is 19.5. The van der Waals surface area contributed by atoms with E-state index in [0.29, 0.717) is 24.7 Å². The highest BCUT2D eigenvalue weighted by Gasteiger charge is 2.29. The predicted octanol–water partition coefficient (Wildman–Crippen LogP) is 3.51. The molecular formula is C21H28N4O. The van der Waals surface area contributed by atoms with Gasteiger partial charge in [0, 0.05) is 26.6 Å². The normalized spacial score (nSPS) is 19.3. The molecule has 138 valence electrons. The van der Waals surface area contributed by atoms with Crippen molar-refractivity contribution in [3.05, 3.63) is 59.3 Å². The number of benzene rings is 1. The second-order valence-electron chi connectivity index (χ2n) is 6.50. The van der Waals surface area contributed by atoms with Crippen LogP contribution >= 0.6 is 0 Å². The Morgan fingerprint density at radius 2 is 2.19 bits per heavy atom. The number of nitrogens with one attached hydrogen (secondary N) is 1. The minimum absolute atomic E-state index is 0. The molecule has 0 radical (unpaired) electrons. The summed E-state index contributed by atoms with van der Waals surface area (Å²) in [6.45, 7) is 3.99. The number of rotatable bonds is 4. The van der Waals surface area contributed by atoms with Gasteiger partial charge >= 0.3 is 0 Å². The van der Waals surface area contributed by atoms with Crippen molar-refractivity contribution in [1.82, 2.24) is 10.2 Å². The highest BCUT2D eigenvalue weighted by atomic mass is 16.2. The summed E-state index contributed by atoms with van der Waals surface area (Å²) in [6.07, 6.45) is 7.65. The molecule has 0 saturated carbocycles. The quantitative estimate of drug-likeness (QED) is 0.666. The molecule has 0 bridgehead atoms. The molecule has 1 N–H and O–H groups in total. The summed E-state index contributed by atoms with van der Waals surface area (Å²) < 4.78 is 0. The Hall–Kier alpha value is -2.87. The van der Waals surface area contributed by atoms with Gasteiger partial charge in [-0.25, -0.2) is 4.99 Å². The van der Waals surface area contributed by atoms with Gasteiger partial charge in [-0.1, -0.05) is 43.8 Å². The number of carbonyl (C=O) groups excluding carboxylic acids is 1. The van der Waals surface area contributed by atoms with Crippen LogP contribution in [0.1, 0.15) is 34.2 Å². The lowest BCUT2D eigenvalue weighted by atomic mass is 10.1. The number of amides is 1. The summed E-state index contributed by atoms with van der Waals surface area (Å²) in [6, 6.07) is 9.93. The van der Waals surface area contributed by atoms with E-state index in [9.17, 15) is 4.79 Å². The third-order valence-corrected chi connectivity index (χ3v) is 4.65. The highest BCUT2D eigenvalue weighted by molar-refractivity contribution is 6.11.